The number of hydrogen-bond donors (Lipinski definition) is 1. The van der Waals surface area contributed by atoms with E-state index in [9.17, 15) is 4.79 Å². The van der Waals surface area contributed by atoms with Crippen LogP contribution in [0.2, 0.25) is 0 Å². The van der Waals surface area contributed by atoms with Gasteiger partial charge in [0.25, 0.3) is 5.91 Å². The van der Waals surface area contributed by atoms with Crippen LogP contribution in [-0.4, -0.2) is 25.7 Å². The number of carbonyl (C=O) groups excluding carboxylic acids is 1. The molecule has 0 aromatic heterocycles. The van der Waals surface area contributed by atoms with Gasteiger partial charge < -0.3 is 10.1 Å². The first kappa shape index (κ1) is 13.1. The molecule has 0 saturated carbocycles. The van der Waals surface area contributed by atoms with E-state index in [1.807, 2.05) is 19.1 Å². The van der Waals surface area contributed by atoms with Crippen molar-refractivity contribution < 1.29 is 9.53 Å². The molecule has 1 amide bonds. The molecule has 1 atom stereocenters. The Labute approximate surface area is 109 Å². The Hall–Kier alpha value is -1.35. The van der Waals surface area contributed by atoms with E-state index in [1.165, 1.54) is 24.0 Å². The lowest BCUT2D eigenvalue weighted by atomic mass is 9.90. The smallest absolute Gasteiger partial charge is 0.251 e. The third kappa shape index (κ3) is 3.10. The number of rotatable bonds is 4. The number of hydrogen-bond acceptors (Lipinski definition) is 2. The second kappa shape index (κ2) is 6.01. The molecule has 0 aliphatic heterocycles. The summed E-state index contributed by atoms with van der Waals surface area (Å²) < 4.78 is 5.02. The van der Waals surface area contributed by atoms with Crippen molar-refractivity contribution >= 4 is 5.91 Å². The van der Waals surface area contributed by atoms with E-state index < -0.39 is 0 Å². The van der Waals surface area contributed by atoms with Gasteiger partial charge in [0.15, 0.2) is 0 Å². The first-order valence-corrected chi connectivity index (χ1v) is 6.62. The van der Waals surface area contributed by atoms with Crippen LogP contribution in [0.1, 0.15) is 41.3 Å². The molecule has 0 unspecified atom stereocenters. The molecule has 98 valence electrons. The van der Waals surface area contributed by atoms with Crippen molar-refractivity contribution in [3.05, 3.63) is 34.9 Å². The zero-order valence-electron chi connectivity index (χ0n) is 11.2. The number of methoxy groups -OCH3 is 1. The Balaban J connectivity index is 2.06. The third-order valence-electron chi connectivity index (χ3n) is 3.40. The van der Waals surface area contributed by atoms with Crippen LogP contribution in [0.3, 0.4) is 0 Å². The van der Waals surface area contributed by atoms with Crippen molar-refractivity contribution in [3.8, 4) is 0 Å². The number of ether oxygens (including phenoxy) is 1. The molecule has 0 fully saturated rings. The summed E-state index contributed by atoms with van der Waals surface area (Å²) in [6.45, 7) is 2.48. The van der Waals surface area contributed by atoms with Gasteiger partial charge in [-0.1, -0.05) is 6.07 Å². The predicted octanol–water partition coefficient (Wildman–Crippen LogP) is 2.33. The van der Waals surface area contributed by atoms with Gasteiger partial charge in [0.2, 0.25) is 0 Å². The highest BCUT2D eigenvalue weighted by Gasteiger charge is 2.14. The van der Waals surface area contributed by atoms with Crippen LogP contribution in [0.4, 0.5) is 0 Å². The summed E-state index contributed by atoms with van der Waals surface area (Å²) in [6, 6.07) is 6.12. The number of aryl methyl sites for hydroxylation is 2. The van der Waals surface area contributed by atoms with Gasteiger partial charge in [-0.05, 0) is 55.9 Å². The van der Waals surface area contributed by atoms with Crippen molar-refractivity contribution in [1.82, 2.24) is 5.32 Å². The van der Waals surface area contributed by atoms with E-state index in [0.717, 1.165) is 18.4 Å². The largest absolute Gasteiger partial charge is 0.383 e. The van der Waals surface area contributed by atoms with E-state index in [4.69, 9.17) is 4.74 Å². The maximum Gasteiger partial charge on any atom is 0.251 e. The molecule has 0 saturated heterocycles. The van der Waals surface area contributed by atoms with Crippen LogP contribution < -0.4 is 5.32 Å². The van der Waals surface area contributed by atoms with E-state index in [0.29, 0.717) is 6.61 Å². The lowest BCUT2D eigenvalue weighted by Crippen LogP contribution is -2.35. The predicted molar refractivity (Wildman–Crippen MR) is 71.9 cm³/mol. The molecule has 0 radical (unpaired) electrons. The summed E-state index contributed by atoms with van der Waals surface area (Å²) in [5.74, 6) is -0.00655. The highest BCUT2D eigenvalue weighted by Crippen LogP contribution is 2.22. The van der Waals surface area contributed by atoms with Crippen LogP contribution in [-0.2, 0) is 17.6 Å². The van der Waals surface area contributed by atoms with Gasteiger partial charge in [0, 0.05) is 18.7 Å². The van der Waals surface area contributed by atoms with Gasteiger partial charge in [-0.25, -0.2) is 0 Å². The monoisotopic (exact) mass is 247 g/mol. The third-order valence-corrected chi connectivity index (χ3v) is 3.40. The van der Waals surface area contributed by atoms with Crippen molar-refractivity contribution in [2.45, 2.75) is 38.6 Å². The average Bonchev–Trinajstić information content (AvgIpc) is 2.38. The zero-order valence-corrected chi connectivity index (χ0v) is 11.2. The van der Waals surface area contributed by atoms with E-state index in [-0.39, 0.29) is 11.9 Å². The lowest BCUT2D eigenvalue weighted by Gasteiger charge is -2.17. The lowest BCUT2D eigenvalue weighted by molar-refractivity contribution is 0.0905. The zero-order chi connectivity index (χ0) is 13.0. The molecule has 3 heteroatoms. The van der Waals surface area contributed by atoms with Crippen LogP contribution >= 0.6 is 0 Å². The molecule has 1 aromatic rings. The molecular formula is C15H21NO2. The van der Waals surface area contributed by atoms with Crippen molar-refractivity contribution in [1.29, 1.82) is 0 Å². The number of benzene rings is 1. The normalized spacial score (nSPS) is 15.9. The fourth-order valence-electron chi connectivity index (χ4n) is 2.47. The van der Waals surface area contributed by atoms with Crippen molar-refractivity contribution in [2.75, 3.05) is 13.7 Å². The maximum atomic E-state index is 12.0. The minimum atomic E-state index is -0.00655. The van der Waals surface area contributed by atoms with Crippen LogP contribution in [0.5, 0.6) is 0 Å². The van der Waals surface area contributed by atoms with Crippen LogP contribution in [0.25, 0.3) is 0 Å². The minimum Gasteiger partial charge on any atom is -0.383 e. The maximum absolute atomic E-state index is 12.0. The summed E-state index contributed by atoms with van der Waals surface area (Å²) in [5, 5.41) is 2.94. The van der Waals surface area contributed by atoms with Gasteiger partial charge in [-0.2, -0.15) is 0 Å². The molecule has 1 aliphatic carbocycles. The molecule has 0 spiro atoms. The van der Waals surface area contributed by atoms with Crippen LogP contribution in [0.15, 0.2) is 18.2 Å². The molecule has 1 aliphatic rings. The van der Waals surface area contributed by atoms with Gasteiger partial charge in [0.05, 0.1) is 6.61 Å². The topological polar surface area (TPSA) is 38.3 Å². The van der Waals surface area contributed by atoms with Gasteiger partial charge in [-0.15, -0.1) is 0 Å². The summed E-state index contributed by atoms with van der Waals surface area (Å²) in [4.78, 5) is 12.0. The SMILES string of the molecule is COC[C@@H](C)NC(=O)c1ccc2c(c1)CCCC2. The standard InChI is InChI=1S/C15H21NO2/c1-11(10-18-2)16-15(17)14-8-7-12-5-3-4-6-13(12)9-14/h7-9,11H,3-6,10H2,1-2H3,(H,16,17)/t11-/m1/s1. The van der Waals surface area contributed by atoms with Crippen molar-refractivity contribution in [3.63, 3.8) is 0 Å². The highest BCUT2D eigenvalue weighted by atomic mass is 16.5. The van der Waals surface area contributed by atoms with Crippen molar-refractivity contribution in [2.24, 2.45) is 0 Å². The van der Waals surface area contributed by atoms with Gasteiger partial charge in [0.1, 0.15) is 0 Å². The molecule has 0 heterocycles. The number of amides is 1. The fraction of sp³-hybridized carbons (Fsp3) is 0.533. The van der Waals surface area contributed by atoms with E-state index >= 15 is 0 Å². The molecule has 1 aromatic carbocycles. The van der Waals surface area contributed by atoms with E-state index in [1.54, 1.807) is 7.11 Å². The molecule has 2 rings (SSSR count). The van der Waals surface area contributed by atoms with Gasteiger partial charge in [-0.3, -0.25) is 4.79 Å². The fourth-order valence-corrected chi connectivity index (χ4v) is 2.47. The quantitative estimate of drug-likeness (QED) is 0.886. The Morgan fingerprint density at radius 1 is 1.33 bits per heavy atom. The van der Waals surface area contributed by atoms with Gasteiger partial charge >= 0.3 is 0 Å². The first-order valence-electron chi connectivity index (χ1n) is 6.62. The number of carbonyl (C=O) groups is 1. The minimum absolute atomic E-state index is 0.00655. The first-order chi connectivity index (χ1) is 8.70. The Bertz CT molecular complexity index is 429. The molecule has 18 heavy (non-hydrogen) atoms. The summed E-state index contributed by atoms with van der Waals surface area (Å²) >= 11 is 0. The second-order valence-corrected chi connectivity index (χ2v) is 5.02. The Kier molecular flexibility index (Phi) is 4.37. The summed E-state index contributed by atoms with van der Waals surface area (Å²) in [7, 11) is 1.64. The summed E-state index contributed by atoms with van der Waals surface area (Å²) in [6.07, 6.45) is 4.75. The summed E-state index contributed by atoms with van der Waals surface area (Å²) in [5.41, 5.74) is 3.51. The number of fused-ring (bicyclic) bond motifs is 1. The van der Waals surface area contributed by atoms with E-state index in [2.05, 4.69) is 11.4 Å². The van der Waals surface area contributed by atoms with Crippen LogP contribution in [0, 0.1) is 0 Å². The Morgan fingerprint density at radius 3 is 2.78 bits per heavy atom. The highest BCUT2D eigenvalue weighted by molar-refractivity contribution is 5.94. The number of nitrogens with one attached hydrogen (secondary N) is 1. The molecular weight excluding hydrogens is 226 g/mol. The molecule has 3 nitrogen and oxygen atoms in total. The Morgan fingerprint density at radius 2 is 2.06 bits per heavy atom. The molecule has 1 N–H and O–H groups in total. The second-order valence-electron chi connectivity index (χ2n) is 5.02. The average molecular weight is 247 g/mol. The molecule has 0 bridgehead atoms.